The maximum atomic E-state index is 12.2. The van der Waals surface area contributed by atoms with E-state index in [1.165, 1.54) is 18.2 Å². The summed E-state index contributed by atoms with van der Waals surface area (Å²) < 4.78 is 72.5. The van der Waals surface area contributed by atoms with Crippen molar-refractivity contribution in [1.82, 2.24) is 4.48 Å². The van der Waals surface area contributed by atoms with E-state index >= 15 is 0 Å². The molecule has 0 amide bonds. The molecule has 0 bridgehead atoms. The van der Waals surface area contributed by atoms with E-state index in [1.54, 1.807) is 59.2 Å². The molecule has 0 radical (unpaired) electrons. The van der Waals surface area contributed by atoms with Gasteiger partial charge in [0.2, 0.25) is 11.1 Å². The van der Waals surface area contributed by atoms with Crippen LogP contribution in [0.25, 0.3) is 0 Å². The number of benzene rings is 2. The number of nitrogens with zero attached hydrogens (tertiary/aromatic N) is 2. The van der Waals surface area contributed by atoms with Gasteiger partial charge in [-0.15, -0.1) is 0 Å². The van der Waals surface area contributed by atoms with Gasteiger partial charge in [-0.25, -0.2) is 30.9 Å². The molecule has 2 unspecified atom stereocenters. The first-order valence-electron chi connectivity index (χ1n) is 15.0. The second-order valence-corrected chi connectivity index (χ2v) is 16.4. The fourth-order valence-corrected chi connectivity index (χ4v) is 8.53. The van der Waals surface area contributed by atoms with Crippen LogP contribution in [0.4, 0.5) is 11.4 Å². The minimum atomic E-state index is -4.65. The summed E-state index contributed by atoms with van der Waals surface area (Å²) in [5.41, 5.74) is 3.28. The topological polar surface area (TPSA) is 192 Å². The third kappa shape index (κ3) is 7.29. The molecule has 12 nitrogen and oxygen atoms in total. The van der Waals surface area contributed by atoms with Crippen molar-refractivity contribution in [3.05, 3.63) is 106 Å². The van der Waals surface area contributed by atoms with Crippen molar-refractivity contribution in [2.24, 2.45) is 0 Å². The summed E-state index contributed by atoms with van der Waals surface area (Å²) in [5, 5.41) is 17.9. The summed E-state index contributed by atoms with van der Waals surface area (Å²) in [6.07, 6.45) is 10.6. The molecule has 5 rings (SSSR count). The van der Waals surface area contributed by atoms with Gasteiger partial charge < -0.3 is 19.3 Å². The molecule has 15 heteroatoms. The molecule has 2 atom stereocenters. The van der Waals surface area contributed by atoms with Crippen molar-refractivity contribution in [2.75, 3.05) is 18.8 Å². The fraction of sp³-hybridized carbons (Fsp3) is 0.324. The molecule has 1 saturated heterocycles. The predicted molar refractivity (Wildman–Crippen MR) is 177 cm³/mol. The van der Waals surface area contributed by atoms with Crippen molar-refractivity contribution in [3.8, 4) is 0 Å². The van der Waals surface area contributed by atoms with Crippen LogP contribution in [0.2, 0.25) is 0 Å². The monoisotopic (exact) mass is 735 g/mol. The summed E-state index contributed by atoms with van der Waals surface area (Å²) in [5.74, 6) is -2.85. The van der Waals surface area contributed by atoms with Gasteiger partial charge in [0, 0.05) is 29.3 Å². The van der Waals surface area contributed by atoms with Gasteiger partial charge in [-0.1, -0.05) is 29.9 Å². The molecule has 0 aromatic heterocycles. The molecular weight excluding hydrogens is 700 g/mol. The van der Waals surface area contributed by atoms with Crippen molar-refractivity contribution >= 4 is 49.3 Å². The van der Waals surface area contributed by atoms with Crippen LogP contribution in [0, 0.1) is 0 Å². The average Bonchev–Trinajstić information content (AvgIpc) is 3.66. The van der Waals surface area contributed by atoms with E-state index in [-0.39, 0.29) is 80.1 Å². The van der Waals surface area contributed by atoms with Gasteiger partial charge in [0.25, 0.3) is 0 Å². The van der Waals surface area contributed by atoms with E-state index in [2.05, 4.69) is 0 Å². The molecule has 3 aliphatic heterocycles. The number of hydrogen-bond donors (Lipinski definition) is 2. The zero-order valence-electron chi connectivity index (χ0n) is 28.0. The first kappa shape index (κ1) is 39.2. The molecule has 1 spiro atoms. The van der Waals surface area contributed by atoms with Crippen LogP contribution in [0.15, 0.2) is 84.1 Å². The van der Waals surface area contributed by atoms with E-state index in [9.17, 15) is 45.7 Å². The largest absolute Gasteiger partial charge is 1.00 e. The van der Waals surface area contributed by atoms with Crippen LogP contribution in [-0.2, 0) is 31.1 Å². The standard InChI is InChI=1S/C34H36N2O10S2.K/c1-21(8-6-10-28-33(2,3)24-18-22(31(37)38)12-14-26(24)35(28)16-17-47(41,42)43)9-7-11-29-34(4,5)25-19-23(32(39)40)13-15-27(25)36(29)20-30(36)48(44,45)46;/h6-15,18-19,30H,16-17,20H2,1-5H3,(H2-2,37,38,39,40,41,42,43,44,45,46);/q;+1/b9-7?,10-6?,21-8?,29-11+;. The smallest absolute Gasteiger partial charge is 0.748 e. The predicted octanol–water partition coefficient (Wildman–Crippen LogP) is 1.13. The van der Waals surface area contributed by atoms with Crippen LogP contribution in [0.3, 0.4) is 0 Å². The maximum Gasteiger partial charge on any atom is 1.00 e. The molecule has 2 aromatic rings. The Kier molecular flexibility index (Phi) is 10.8. The molecule has 3 aliphatic rings. The van der Waals surface area contributed by atoms with Gasteiger partial charge in [-0.05, 0) is 65.0 Å². The minimum Gasteiger partial charge on any atom is -0.748 e. The molecule has 254 valence electrons. The molecule has 2 aromatic carbocycles. The Bertz CT molecular complexity index is 2150. The van der Waals surface area contributed by atoms with E-state index in [1.807, 2.05) is 34.6 Å². The second kappa shape index (κ2) is 13.5. The first-order chi connectivity index (χ1) is 22.1. The summed E-state index contributed by atoms with van der Waals surface area (Å²) in [7, 11) is -9.18. The fourth-order valence-electron chi connectivity index (χ4n) is 7.03. The molecule has 1 fully saturated rings. The van der Waals surface area contributed by atoms with Crippen LogP contribution in [-0.4, -0.2) is 82.6 Å². The van der Waals surface area contributed by atoms with Crippen LogP contribution < -0.4 is 55.9 Å². The van der Waals surface area contributed by atoms with Crippen molar-refractivity contribution < 1.29 is 102 Å². The van der Waals surface area contributed by atoms with E-state index in [0.29, 0.717) is 33.9 Å². The zero-order chi connectivity index (χ0) is 35.6. The number of fused-ring (bicyclic) bond motifs is 3. The van der Waals surface area contributed by atoms with Gasteiger partial charge in [-0.2, -0.15) is 4.58 Å². The Labute approximate surface area is 328 Å². The molecule has 0 aliphatic carbocycles. The molecule has 3 heterocycles. The van der Waals surface area contributed by atoms with Crippen molar-refractivity contribution in [1.29, 1.82) is 0 Å². The maximum absolute atomic E-state index is 12.2. The average molecular weight is 736 g/mol. The summed E-state index contributed by atoms with van der Waals surface area (Å²) in [6, 6.07) is 9.12. The Hall–Kier alpha value is -2.57. The Morgan fingerprint density at radius 1 is 0.939 bits per heavy atom. The number of hydrogen-bond acceptors (Lipinski definition) is 8. The summed E-state index contributed by atoms with van der Waals surface area (Å²) in [4.78, 5) is 23.3. The number of carbonyl (C=O) groups is 2. The van der Waals surface area contributed by atoms with Gasteiger partial charge in [0.15, 0.2) is 28.9 Å². The Morgan fingerprint density at radius 2 is 1.53 bits per heavy atom. The third-order valence-electron chi connectivity index (χ3n) is 9.48. The molecule has 2 N–H and O–H groups in total. The van der Waals surface area contributed by atoms with Gasteiger partial charge in [0.1, 0.15) is 21.5 Å². The van der Waals surface area contributed by atoms with E-state index in [4.69, 9.17) is 0 Å². The van der Waals surface area contributed by atoms with Gasteiger partial charge in [-0.3, -0.25) is 0 Å². The van der Waals surface area contributed by atoms with Crippen molar-refractivity contribution in [3.63, 3.8) is 0 Å². The van der Waals surface area contributed by atoms with E-state index in [0.717, 1.165) is 5.57 Å². The number of carboxylic acids is 2. The van der Waals surface area contributed by atoms with Crippen LogP contribution in [0.1, 0.15) is 66.5 Å². The second-order valence-electron chi connectivity index (χ2n) is 13.3. The molecule has 0 saturated carbocycles. The quantitative estimate of drug-likeness (QED) is 0.0893. The first-order valence-corrected chi connectivity index (χ1v) is 18.1. The van der Waals surface area contributed by atoms with Gasteiger partial charge >= 0.3 is 63.3 Å². The number of quaternary nitrogens is 1. The van der Waals surface area contributed by atoms with Gasteiger partial charge in [0.05, 0.1) is 27.7 Å². The molecular formula is C34H36KN2O10S2+. The number of carboxylic acid groups (broad SMARTS) is 2. The SMILES string of the molecule is CC(C=C/C=C1\C(C)(C)c2cc(C(=O)O)ccc2[N+]12CC2S(=O)(=O)[O-])=CC=CC1=[N+](CCS(=O)(=O)[O-])c2ccc(C(=O)O)cc2C1(C)C.[K+]. The van der Waals surface area contributed by atoms with Crippen molar-refractivity contribution in [2.45, 2.75) is 50.8 Å². The number of allylic oxidation sites excluding steroid dienone is 8. The zero-order valence-corrected chi connectivity index (χ0v) is 32.8. The number of rotatable bonds is 10. The van der Waals surface area contributed by atoms with E-state index < -0.39 is 54.1 Å². The minimum absolute atomic E-state index is 0. The summed E-state index contributed by atoms with van der Waals surface area (Å²) >= 11 is 0. The van der Waals surface area contributed by atoms with Crippen LogP contribution in [0.5, 0.6) is 0 Å². The van der Waals surface area contributed by atoms with Crippen LogP contribution >= 0.6 is 0 Å². The summed E-state index contributed by atoms with van der Waals surface area (Å²) in [6.45, 7) is 9.27. The normalized spacial score (nSPS) is 23.3. The third-order valence-corrected chi connectivity index (χ3v) is 11.3. The Balaban J connectivity index is 0.00000541. The molecule has 49 heavy (non-hydrogen) atoms. The Morgan fingerprint density at radius 3 is 2.08 bits per heavy atom. The number of aromatic carboxylic acids is 2.